The number of nitrogen functional groups attached to an aromatic ring is 1. The van der Waals surface area contributed by atoms with Gasteiger partial charge in [-0.05, 0) is 25.0 Å². The van der Waals surface area contributed by atoms with E-state index in [0.717, 1.165) is 23.1 Å². The van der Waals surface area contributed by atoms with Crippen molar-refractivity contribution in [3.8, 4) is 0 Å². The van der Waals surface area contributed by atoms with Crippen LogP contribution < -0.4 is 5.73 Å². The summed E-state index contributed by atoms with van der Waals surface area (Å²) >= 11 is 1.42. The van der Waals surface area contributed by atoms with Gasteiger partial charge >= 0.3 is 0 Å². The second-order valence-corrected chi connectivity index (χ2v) is 5.63. The van der Waals surface area contributed by atoms with Gasteiger partial charge < -0.3 is 10.6 Å². The van der Waals surface area contributed by atoms with E-state index in [1.54, 1.807) is 11.1 Å². The van der Waals surface area contributed by atoms with Gasteiger partial charge in [-0.25, -0.2) is 0 Å². The smallest absolute Gasteiger partial charge is 0.266 e. The van der Waals surface area contributed by atoms with Gasteiger partial charge in [0, 0.05) is 19.3 Å². The third-order valence-electron chi connectivity index (χ3n) is 3.49. The van der Waals surface area contributed by atoms with Crippen LogP contribution in [0, 0.1) is 0 Å². The number of pyridine rings is 1. The van der Waals surface area contributed by atoms with Crippen LogP contribution in [0.25, 0.3) is 10.2 Å². The van der Waals surface area contributed by atoms with Crippen LogP contribution in [-0.4, -0.2) is 28.9 Å². The Kier molecular flexibility index (Phi) is 4.04. The first kappa shape index (κ1) is 13.8. The fourth-order valence-corrected chi connectivity index (χ4v) is 3.33. The van der Waals surface area contributed by atoms with E-state index in [4.69, 9.17) is 5.73 Å². The number of thiophene rings is 1. The SMILES string of the molecule is CCC(CC)N(C)C(=O)c1sc2cccnc2c1N. The molecule has 2 heterocycles. The van der Waals surface area contributed by atoms with Crippen molar-refractivity contribution < 1.29 is 4.79 Å². The van der Waals surface area contributed by atoms with Crippen molar-refractivity contribution in [3.05, 3.63) is 23.2 Å². The molecule has 1 amide bonds. The Hall–Kier alpha value is -1.62. The zero-order chi connectivity index (χ0) is 14.0. The number of carbonyl (C=O) groups excluding carboxylic acids is 1. The molecule has 2 N–H and O–H groups in total. The van der Waals surface area contributed by atoms with Crippen molar-refractivity contribution in [1.29, 1.82) is 0 Å². The summed E-state index contributed by atoms with van der Waals surface area (Å²) in [5.41, 5.74) is 7.29. The summed E-state index contributed by atoms with van der Waals surface area (Å²) in [7, 11) is 1.84. The summed E-state index contributed by atoms with van der Waals surface area (Å²) in [5.74, 6) is -0.00537. The average molecular weight is 277 g/mol. The van der Waals surface area contributed by atoms with E-state index in [9.17, 15) is 4.79 Å². The van der Waals surface area contributed by atoms with Crippen molar-refractivity contribution >= 4 is 33.1 Å². The fraction of sp³-hybridized carbons (Fsp3) is 0.429. The molecule has 0 aliphatic carbocycles. The number of nitrogens with two attached hydrogens (primary N) is 1. The normalized spacial score (nSPS) is 11.2. The molecular weight excluding hydrogens is 258 g/mol. The molecule has 0 saturated carbocycles. The van der Waals surface area contributed by atoms with Crippen LogP contribution in [0.3, 0.4) is 0 Å². The van der Waals surface area contributed by atoms with Crippen molar-refractivity contribution in [3.63, 3.8) is 0 Å². The summed E-state index contributed by atoms with van der Waals surface area (Å²) < 4.78 is 0.960. The first-order valence-electron chi connectivity index (χ1n) is 6.50. The lowest BCUT2D eigenvalue weighted by molar-refractivity contribution is 0.0729. The molecule has 0 aromatic carbocycles. The molecule has 0 spiro atoms. The number of aromatic nitrogens is 1. The molecular formula is C14H19N3OS. The van der Waals surface area contributed by atoms with E-state index in [1.165, 1.54) is 11.3 Å². The second-order valence-electron chi connectivity index (χ2n) is 4.58. The predicted octanol–water partition coefficient (Wildman–Crippen LogP) is 3.14. The molecule has 2 aromatic heterocycles. The third-order valence-corrected chi connectivity index (χ3v) is 4.64. The molecule has 0 radical (unpaired) electrons. The number of fused-ring (bicyclic) bond motifs is 1. The molecule has 0 atom stereocenters. The molecule has 2 rings (SSSR count). The number of hydrogen-bond donors (Lipinski definition) is 1. The van der Waals surface area contributed by atoms with Gasteiger partial charge in [-0.15, -0.1) is 11.3 Å². The number of amides is 1. The van der Waals surface area contributed by atoms with Gasteiger partial charge in [0.25, 0.3) is 5.91 Å². The number of carbonyl (C=O) groups is 1. The highest BCUT2D eigenvalue weighted by Crippen LogP contribution is 2.33. The maximum absolute atomic E-state index is 12.5. The Morgan fingerprint density at radius 2 is 2.16 bits per heavy atom. The van der Waals surface area contributed by atoms with Crippen molar-refractivity contribution in [1.82, 2.24) is 9.88 Å². The predicted molar refractivity (Wildman–Crippen MR) is 80.5 cm³/mol. The van der Waals surface area contributed by atoms with Crippen molar-refractivity contribution in [2.45, 2.75) is 32.7 Å². The molecule has 0 aliphatic heterocycles. The van der Waals surface area contributed by atoms with Crippen LogP contribution >= 0.6 is 11.3 Å². The number of hydrogen-bond acceptors (Lipinski definition) is 4. The highest BCUT2D eigenvalue weighted by Gasteiger charge is 2.23. The van der Waals surface area contributed by atoms with Gasteiger partial charge in [0.15, 0.2) is 0 Å². The van der Waals surface area contributed by atoms with E-state index < -0.39 is 0 Å². The van der Waals surface area contributed by atoms with Crippen LogP contribution in [0.1, 0.15) is 36.4 Å². The molecule has 5 heteroatoms. The minimum Gasteiger partial charge on any atom is -0.396 e. The zero-order valence-corrected chi connectivity index (χ0v) is 12.3. The highest BCUT2D eigenvalue weighted by molar-refractivity contribution is 7.21. The van der Waals surface area contributed by atoms with Gasteiger partial charge in [0.05, 0.1) is 10.4 Å². The molecule has 0 saturated heterocycles. The minimum atomic E-state index is -0.00537. The minimum absolute atomic E-state index is 0.00537. The lowest BCUT2D eigenvalue weighted by Crippen LogP contribution is -2.36. The first-order valence-corrected chi connectivity index (χ1v) is 7.31. The summed E-state index contributed by atoms with van der Waals surface area (Å²) in [6, 6.07) is 4.05. The zero-order valence-electron chi connectivity index (χ0n) is 11.5. The van der Waals surface area contributed by atoms with Gasteiger partial charge in [-0.3, -0.25) is 9.78 Å². The topological polar surface area (TPSA) is 59.2 Å². The lowest BCUT2D eigenvalue weighted by Gasteiger charge is -2.25. The van der Waals surface area contributed by atoms with Gasteiger partial charge in [0.1, 0.15) is 10.4 Å². The molecule has 19 heavy (non-hydrogen) atoms. The maximum Gasteiger partial charge on any atom is 0.266 e. The van der Waals surface area contributed by atoms with Crippen LogP contribution in [0.15, 0.2) is 18.3 Å². The maximum atomic E-state index is 12.5. The summed E-state index contributed by atoms with van der Waals surface area (Å²) in [6.07, 6.45) is 3.59. The average Bonchev–Trinajstić information content (AvgIpc) is 2.77. The molecule has 0 fully saturated rings. The van der Waals surface area contributed by atoms with E-state index >= 15 is 0 Å². The Bertz CT molecular complexity index is 589. The van der Waals surface area contributed by atoms with Crippen LogP contribution in [0.2, 0.25) is 0 Å². The molecule has 4 nitrogen and oxygen atoms in total. The molecule has 102 valence electrons. The first-order chi connectivity index (χ1) is 9.10. The van der Waals surface area contributed by atoms with Crippen LogP contribution in [0.4, 0.5) is 5.69 Å². The van der Waals surface area contributed by atoms with Crippen LogP contribution in [0.5, 0.6) is 0 Å². The van der Waals surface area contributed by atoms with E-state index in [1.807, 2.05) is 19.2 Å². The largest absolute Gasteiger partial charge is 0.396 e. The Morgan fingerprint density at radius 3 is 2.74 bits per heavy atom. The van der Waals surface area contributed by atoms with Gasteiger partial charge in [0.2, 0.25) is 0 Å². The quantitative estimate of drug-likeness (QED) is 0.934. The summed E-state index contributed by atoms with van der Waals surface area (Å²) in [5, 5.41) is 0. The summed E-state index contributed by atoms with van der Waals surface area (Å²) in [6.45, 7) is 4.18. The van der Waals surface area contributed by atoms with Crippen molar-refractivity contribution in [2.24, 2.45) is 0 Å². The highest BCUT2D eigenvalue weighted by atomic mass is 32.1. The third kappa shape index (κ3) is 2.42. The number of anilines is 1. The van der Waals surface area contributed by atoms with Gasteiger partial charge in [-0.2, -0.15) is 0 Å². The standard InChI is InChI=1S/C14H19N3OS/c1-4-9(5-2)17(3)14(18)13-11(15)12-10(19-13)7-6-8-16-12/h6-9H,4-5,15H2,1-3H3. The Morgan fingerprint density at radius 1 is 1.47 bits per heavy atom. The molecule has 0 bridgehead atoms. The molecule has 2 aromatic rings. The van der Waals surface area contributed by atoms with Gasteiger partial charge in [-0.1, -0.05) is 13.8 Å². The van der Waals surface area contributed by atoms with Crippen LogP contribution in [-0.2, 0) is 0 Å². The van der Waals surface area contributed by atoms with E-state index in [2.05, 4.69) is 18.8 Å². The summed E-state index contributed by atoms with van der Waals surface area (Å²) in [4.78, 5) is 19.2. The molecule has 0 aliphatic rings. The second kappa shape index (κ2) is 5.57. The van der Waals surface area contributed by atoms with Crippen molar-refractivity contribution in [2.75, 3.05) is 12.8 Å². The Labute approximate surface area is 117 Å². The number of nitrogens with zero attached hydrogens (tertiary/aromatic N) is 2. The fourth-order valence-electron chi connectivity index (χ4n) is 2.27. The lowest BCUT2D eigenvalue weighted by atomic mass is 10.1. The van der Waals surface area contributed by atoms with E-state index in [0.29, 0.717) is 10.6 Å². The molecule has 0 unspecified atom stereocenters. The number of rotatable bonds is 4. The monoisotopic (exact) mass is 277 g/mol. The Balaban J connectivity index is 2.39. The van der Waals surface area contributed by atoms with E-state index in [-0.39, 0.29) is 11.9 Å².